The van der Waals surface area contributed by atoms with Crippen LogP contribution in [-0.2, 0) is 21.9 Å². The number of nitrogens with zero attached hydrogens (tertiary/aromatic N) is 1. The van der Waals surface area contributed by atoms with E-state index in [2.05, 4.69) is 10.6 Å². The van der Waals surface area contributed by atoms with Crippen LogP contribution in [0.2, 0.25) is 0 Å². The van der Waals surface area contributed by atoms with Crippen molar-refractivity contribution >= 4 is 29.2 Å². The third kappa shape index (κ3) is 4.18. The molecule has 1 heterocycles. The number of alkyl halides is 6. The monoisotopic (exact) mass is 445 g/mol. The van der Waals surface area contributed by atoms with Gasteiger partial charge in [0.1, 0.15) is 0 Å². The van der Waals surface area contributed by atoms with E-state index >= 15 is 0 Å². The van der Waals surface area contributed by atoms with Gasteiger partial charge in [-0.25, -0.2) is 9.69 Å². The van der Waals surface area contributed by atoms with Gasteiger partial charge in [-0.2, -0.15) is 26.3 Å². The highest BCUT2D eigenvalue weighted by Gasteiger charge is 2.54. The number of hydrogen-bond donors (Lipinski definition) is 2. The number of carbonyl (C=O) groups excluding carboxylic acids is 3. The number of halogens is 6. The van der Waals surface area contributed by atoms with Crippen LogP contribution < -0.4 is 15.5 Å². The van der Waals surface area contributed by atoms with Crippen LogP contribution in [0.3, 0.4) is 0 Å². The first-order valence-corrected chi connectivity index (χ1v) is 8.56. The summed E-state index contributed by atoms with van der Waals surface area (Å²) in [6.45, 7) is 0.990. The largest absolute Gasteiger partial charge is 0.416 e. The molecule has 0 spiro atoms. The Bertz CT molecular complexity index is 1070. The minimum absolute atomic E-state index is 0.291. The molecule has 2 N–H and O–H groups in total. The highest BCUT2D eigenvalue weighted by molar-refractivity contribution is 6.32. The van der Waals surface area contributed by atoms with Crippen LogP contribution in [0.15, 0.2) is 48.5 Å². The lowest BCUT2D eigenvalue weighted by Gasteiger charge is -2.21. The number of nitrogens with one attached hydrogen (secondary N) is 2. The second-order valence-corrected chi connectivity index (χ2v) is 6.78. The van der Waals surface area contributed by atoms with E-state index in [0.29, 0.717) is 17.0 Å². The lowest BCUT2D eigenvalue weighted by atomic mass is 10.0. The summed E-state index contributed by atoms with van der Waals surface area (Å²) in [5.74, 6) is -2.36. The summed E-state index contributed by atoms with van der Waals surface area (Å²) in [6, 6.07) is 5.77. The molecule has 12 heteroatoms. The van der Waals surface area contributed by atoms with Gasteiger partial charge < -0.3 is 10.6 Å². The average Bonchev–Trinajstić information content (AvgIpc) is 2.90. The van der Waals surface area contributed by atoms with Gasteiger partial charge >= 0.3 is 18.4 Å². The first kappa shape index (κ1) is 22.1. The van der Waals surface area contributed by atoms with Crippen LogP contribution in [-0.4, -0.2) is 23.4 Å². The van der Waals surface area contributed by atoms with E-state index in [1.54, 1.807) is 0 Å². The van der Waals surface area contributed by atoms with E-state index in [9.17, 15) is 40.7 Å². The van der Waals surface area contributed by atoms with Crippen LogP contribution >= 0.6 is 0 Å². The predicted molar refractivity (Wildman–Crippen MR) is 95.9 cm³/mol. The number of carbonyl (C=O) groups is 3. The van der Waals surface area contributed by atoms with Crippen molar-refractivity contribution in [1.82, 2.24) is 5.32 Å². The van der Waals surface area contributed by atoms with Gasteiger partial charge in [0.2, 0.25) is 0 Å². The molecule has 2 aromatic rings. The predicted octanol–water partition coefficient (Wildman–Crippen LogP) is 4.18. The molecule has 4 amide bonds. The van der Waals surface area contributed by atoms with E-state index in [-0.39, 0.29) is 5.69 Å². The molecule has 0 radical (unpaired) electrons. The van der Waals surface area contributed by atoms with E-state index in [0.717, 1.165) is 43.3 Å². The Morgan fingerprint density at radius 1 is 0.935 bits per heavy atom. The third-order valence-corrected chi connectivity index (χ3v) is 4.52. The number of anilines is 2. The summed E-state index contributed by atoms with van der Waals surface area (Å²) in [7, 11) is 0. The number of imide groups is 1. The Morgan fingerprint density at radius 2 is 1.48 bits per heavy atom. The molecule has 1 unspecified atom stereocenters. The van der Waals surface area contributed by atoms with E-state index in [1.165, 1.54) is 0 Å². The fraction of sp³-hybridized carbons (Fsp3) is 0.211. The number of rotatable bonds is 3. The molecule has 0 bridgehead atoms. The highest BCUT2D eigenvalue weighted by Crippen LogP contribution is 2.34. The van der Waals surface area contributed by atoms with Gasteiger partial charge in [-0.05, 0) is 43.3 Å². The first-order valence-electron chi connectivity index (χ1n) is 8.56. The summed E-state index contributed by atoms with van der Waals surface area (Å²) in [6.07, 6.45) is -9.41. The van der Waals surface area contributed by atoms with Crippen molar-refractivity contribution in [2.45, 2.75) is 24.8 Å². The SMILES string of the molecule is CC1(C(=O)Nc2cccc(C(F)(F)F)c2)NC(=O)N(c2cccc(C(F)(F)F)c2)C1=O. The highest BCUT2D eigenvalue weighted by atomic mass is 19.4. The topological polar surface area (TPSA) is 78.5 Å². The molecule has 3 rings (SSSR count). The van der Waals surface area contributed by atoms with Crippen LogP contribution in [0.4, 0.5) is 42.5 Å². The van der Waals surface area contributed by atoms with Gasteiger partial charge in [0.15, 0.2) is 5.54 Å². The fourth-order valence-electron chi connectivity index (χ4n) is 2.88. The van der Waals surface area contributed by atoms with Gasteiger partial charge in [-0.1, -0.05) is 12.1 Å². The molecular formula is C19H13F6N3O3. The molecule has 1 aliphatic heterocycles. The summed E-state index contributed by atoms with van der Waals surface area (Å²) >= 11 is 0. The second-order valence-electron chi connectivity index (χ2n) is 6.78. The molecule has 1 saturated heterocycles. The maximum absolute atomic E-state index is 12.9. The van der Waals surface area contributed by atoms with Crippen molar-refractivity contribution in [3.63, 3.8) is 0 Å². The molecule has 2 aromatic carbocycles. The van der Waals surface area contributed by atoms with Gasteiger partial charge in [0.05, 0.1) is 16.8 Å². The van der Waals surface area contributed by atoms with Crippen molar-refractivity contribution in [2.24, 2.45) is 0 Å². The standard InChI is InChI=1S/C19H13F6N3O3/c1-17(14(29)26-12-6-2-4-10(8-12)18(20,21)22)15(30)28(16(31)27-17)13-7-3-5-11(9-13)19(23,24)25/h2-9H,1H3,(H,26,29)(H,27,31). The smallest absolute Gasteiger partial charge is 0.324 e. The van der Waals surface area contributed by atoms with E-state index < -0.39 is 52.6 Å². The number of hydrogen-bond acceptors (Lipinski definition) is 3. The van der Waals surface area contributed by atoms with Crippen molar-refractivity contribution in [2.75, 3.05) is 10.2 Å². The Labute approximate surface area is 170 Å². The van der Waals surface area contributed by atoms with E-state index in [4.69, 9.17) is 0 Å². The minimum Gasteiger partial charge on any atom is -0.324 e. The molecule has 31 heavy (non-hydrogen) atoms. The summed E-state index contributed by atoms with van der Waals surface area (Å²) < 4.78 is 77.3. The average molecular weight is 445 g/mol. The van der Waals surface area contributed by atoms with Gasteiger partial charge in [0.25, 0.3) is 11.8 Å². The molecular weight excluding hydrogens is 432 g/mol. The van der Waals surface area contributed by atoms with Crippen LogP contribution in [0.5, 0.6) is 0 Å². The molecule has 6 nitrogen and oxygen atoms in total. The second kappa shape index (κ2) is 7.29. The Balaban J connectivity index is 1.88. The van der Waals surface area contributed by atoms with Crippen LogP contribution in [0.1, 0.15) is 18.1 Å². The molecule has 0 saturated carbocycles. The van der Waals surface area contributed by atoms with Gasteiger partial charge in [-0.3, -0.25) is 9.59 Å². The van der Waals surface area contributed by atoms with Crippen molar-refractivity contribution in [3.8, 4) is 0 Å². The summed E-state index contributed by atoms with van der Waals surface area (Å²) in [4.78, 5) is 38.0. The number of urea groups is 1. The maximum Gasteiger partial charge on any atom is 0.416 e. The van der Waals surface area contributed by atoms with Crippen molar-refractivity contribution in [1.29, 1.82) is 0 Å². The van der Waals surface area contributed by atoms with Crippen molar-refractivity contribution < 1.29 is 40.7 Å². The van der Waals surface area contributed by atoms with Crippen LogP contribution in [0.25, 0.3) is 0 Å². The zero-order chi connectivity index (χ0) is 23.2. The lowest BCUT2D eigenvalue weighted by Crippen LogP contribution is -2.54. The molecule has 164 valence electrons. The Hall–Kier alpha value is -3.57. The fourth-order valence-corrected chi connectivity index (χ4v) is 2.88. The third-order valence-electron chi connectivity index (χ3n) is 4.52. The van der Waals surface area contributed by atoms with Crippen LogP contribution in [0, 0.1) is 0 Å². The van der Waals surface area contributed by atoms with Gasteiger partial charge in [-0.15, -0.1) is 0 Å². The summed E-state index contributed by atoms with van der Waals surface area (Å²) in [5, 5.41) is 4.19. The number of benzene rings is 2. The Kier molecular flexibility index (Phi) is 5.20. The molecule has 1 aliphatic rings. The van der Waals surface area contributed by atoms with E-state index in [1.807, 2.05) is 0 Å². The number of amides is 4. The quantitative estimate of drug-likeness (QED) is 0.423. The zero-order valence-corrected chi connectivity index (χ0v) is 15.6. The molecule has 0 aliphatic carbocycles. The van der Waals surface area contributed by atoms with Gasteiger partial charge in [0, 0.05) is 5.69 Å². The maximum atomic E-state index is 12.9. The first-order chi connectivity index (χ1) is 14.2. The normalized spacial score (nSPS) is 19.4. The summed E-state index contributed by atoms with van der Waals surface area (Å²) in [5.41, 5.74) is -5.15. The molecule has 1 fully saturated rings. The van der Waals surface area contributed by atoms with Crippen molar-refractivity contribution in [3.05, 3.63) is 59.7 Å². The molecule has 1 atom stereocenters. The molecule has 0 aromatic heterocycles. The Morgan fingerprint density at radius 3 is 2.06 bits per heavy atom. The zero-order valence-electron chi connectivity index (χ0n) is 15.6. The minimum atomic E-state index is -4.74. The lowest BCUT2D eigenvalue weighted by molar-refractivity contribution is -0.138.